The highest BCUT2D eigenvalue weighted by Crippen LogP contribution is 2.17. The molecule has 0 aromatic carbocycles. The number of aromatic nitrogens is 1. The van der Waals surface area contributed by atoms with E-state index in [4.69, 9.17) is 17.3 Å². The fraction of sp³-hybridized carbons (Fsp3) is 0.583. The van der Waals surface area contributed by atoms with Crippen LogP contribution in [0.15, 0.2) is 18.3 Å². The molecule has 1 aromatic heterocycles. The molecule has 3 N–H and O–H groups in total. The van der Waals surface area contributed by atoms with Crippen molar-refractivity contribution >= 4 is 11.6 Å². The number of nitrogens with one attached hydrogen (secondary N) is 1. The molecule has 1 aliphatic carbocycles. The van der Waals surface area contributed by atoms with Gasteiger partial charge in [-0.1, -0.05) is 30.5 Å². The van der Waals surface area contributed by atoms with Crippen molar-refractivity contribution in [3.05, 3.63) is 29.0 Å². The smallest absolute Gasteiger partial charge is 0.129 e. The lowest BCUT2D eigenvalue weighted by atomic mass is 9.91. The lowest BCUT2D eigenvalue weighted by Gasteiger charge is -2.29. The summed E-state index contributed by atoms with van der Waals surface area (Å²) in [4.78, 5) is 4.06. The van der Waals surface area contributed by atoms with Crippen LogP contribution in [0.5, 0.6) is 0 Å². The SMILES string of the molecule is N[C@@H]1CCCC[C@@H]1NCc1ccc(Cl)nc1. The van der Waals surface area contributed by atoms with Gasteiger partial charge < -0.3 is 11.1 Å². The van der Waals surface area contributed by atoms with Gasteiger partial charge in [0.25, 0.3) is 0 Å². The van der Waals surface area contributed by atoms with Crippen LogP contribution in [0.4, 0.5) is 0 Å². The van der Waals surface area contributed by atoms with E-state index in [1.54, 1.807) is 0 Å². The first-order chi connectivity index (χ1) is 7.75. The summed E-state index contributed by atoms with van der Waals surface area (Å²) in [5.74, 6) is 0. The van der Waals surface area contributed by atoms with Crippen LogP contribution < -0.4 is 11.1 Å². The second-order valence-electron chi connectivity index (χ2n) is 4.42. The van der Waals surface area contributed by atoms with Gasteiger partial charge in [-0.2, -0.15) is 0 Å². The van der Waals surface area contributed by atoms with Crippen LogP contribution in [0.2, 0.25) is 5.15 Å². The Labute approximate surface area is 101 Å². The van der Waals surface area contributed by atoms with Crippen LogP contribution in [-0.2, 0) is 6.54 Å². The van der Waals surface area contributed by atoms with Crippen molar-refractivity contribution in [2.24, 2.45) is 5.73 Å². The second-order valence-corrected chi connectivity index (χ2v) is 4.81. The number of pyridine rings is 1. The molecule has 2 atom stereocenters. The summed E-state index contributed by atoms with van der Waals surface area (Å²) in [6.45, 7) is 0.822. The van der Waals surface area contributed by atoms with Crippen molar-refractivity contribution in [1.82, 2.24) is 10.3 Å². The molecule has 1 saturated carbocycles. The first kappa shape index (κ1) is 11.8. The monoisotopic (exact) mass is 239 g/mol. The molecule has 1 aliphatic rings. The van der Waals surface area contributed by atoms with Crippen molar-refractivity contribution in [2.75, 3.05) is 0 Å². The molecule has 0 aliphatic heterocycles. The quantitative estimate of drug-likeness (QED) is 0.795. The van der Waals surface area contributed by atoms with Crippen LogP contribution in [0, 0.1) is 0 Å². The maximum atomic E-state index is 6.07. The Hall–Kier alpha value is -0.640. The van der Waals surface area contributed by atoms with E-state index in [-0.39, 0.29) is 0 Å². The Morgan fingerprint density at radius 3 is 2.88 bits per heavy atom. The van der Waals surface area contributed by atoms with Gasteiger partial charge in [0.2, 0.25) is 0 Å². The highest BCUT2D eigenvalue weighted by atomic mass is 35.5. The average Bonchev–Trinajstić information content (AvgIpc) is 2.30. The van der Waals surface area contributed by atoms with E-state index in [9.17, 15) is 0 Å². The highest BCUT2D eigenvalue weighted by Gasteiger charge is 2.20. The number of hydrogen-bond acceptors (Lipinski definition) is 3. The third-order valence-electron chi connectivity index (χ3n) is 3.18. The lowest BCUT2D eigenvalue weighted by molar-refractivity contribution is 0.326. The van der Waals surface area contributed by atoms with E-state index in [1.807, 2.05) is 18.3 Å². The van der Waals surface area contributed by atoms with E-state index in [0.717, 1.165) is 18.5 Å². The summed E-state index contributed by atoms with van der Waals surface area (Å²) in [7, 11) is 0. The van der Waals surface area contributed by atoms with Gasteiger partial charge in [0.05, 0.1) is 0 Å². The zero-order valence-corrected chi connectivity index (χ0v) is 10.1. The third-order valence-corrected chi connectivity index (χ3v) is 3.40. The standard InChI is InChI=1S/C12H18ClN3/c13-12-6-5-9(8-16-12)7-15-11-4-2-1-3-10(11)14/h5-6,8,10-11,15H,1-4,7,14H2/t10-,11+/m1/s1. The lowest BCUT2D eigenvalue weighted by Crippen LogP contribution is -2.46. The average molecular weight is 240 g/mol. The second kappa shape index (κ2) is 5.62. The van der Waals surface area contributed by atoms with E-state index >= 15 is 0 Å². The molecule has 0 amide bonds. The molecule has 4 heteroatoms. The number of halogens is 1. The Bertz CT molecular complexity index is 326. The zero-order chi connectivity index (χ0) is 11.4. The first-order valence-electron chi connectivity index (χ1n) is 5.85. The number of nitrogens with zero attached hydrogens (tertiary/aromatic N) is 1. The van der Waals surface area contributed by atoms with Gasteiger partial charge in [0.1, 0.15) is 5.15 Å². The molecule has 0 saturated heterocycles. The van der Waals surface area contributed by atoms with Gasteiger partial charge in [0, 0.05) is 24.8 Å². The summed E-state index contributed by atoms with van der Waals surface area (Å²) < 4.78 is 0. The maximum absolute atomic E-state index is 6.07. The largest absolute Gasteiger partial charge is 0.326 e. The first-order valence-corrected chi connectivity index (χ1v) is 6.23. The summed E-state index contributed by atoms with van der Waals surface area (Å²) in [5.41, 5.74) is 7.22. The van der Waals surface area contributed by atoms with Gasteiger partial charge in [-0.15, -0.1) is 0 Å². The van der Waals surface area contributed by atoms with Crippen molar-refractivity contribution in [1.29, 1.82) is 0 Å². The summed E-state index contributed by atoms with van der Waals surface area (Å²) in [6.07, 6.45) is 6.68. The number of hydrogen-bond donors (Lipinski definition) is 2. The van der Waals surface area contributed by atoms with Gasteiger partial charge in [-0.25, -0.2) is 4.98 Å². The predicted octanol–water partition coefficient (Wildman–Crippen LogP) is 2.09. The minimum Gasteiger partial charge on any atom is -0.326 e. The Balaban J connectivity index is 1.84. The summed E-state index contributed by atoms with van der Waals surface area (Å²) in [6, 6.07) is 4.56. The summed E-state index contributed by atoms with van der Waals surface area (Å²) in [5, 5.41) is 4.04. The molecular formula is C12H18ClN3. The number of nitrogens with two attached hydrogens (primary N) is 1. The van der Waals surface area contributed by atoms with E-state index in [1.165, 1.54) is 19.3 Å². The van der Waals surface area contributed by atoms with Gasteiger partial charge in [0.15, 0.2) is 0 Å². The van der Waals surface area contributed by atoms with Crippen LogP contribution in [0.25, 0.3) is 0 Å². The molecular weight excluding hydrogens is 222 g/mol. The molecule has 88 valence electrons. The molecule has 16 heavy (non-hydrogen) atoms. The fourth-order valence-electron chi connectivity index (χ4n) is 2.17. The Morgan fingerprint density at radius 1 is 1.38 bits per heavy atom. The fourth-order valence-corrected chi connectivity index (χ4v) is 2.28. The minimum absolute atomic E-state index is 0.300. The van der Waals surface area contributed by atoms with Crippen molar-refractivity contribution in [3.63, 3.8) is 0 Å². The van der Waals surface area contributed by atoms with Crippen LogP contribution in [-0.4, -0.2) is 17.1 Å². The Kier molecular flexibility index (Phi) is 4.16. The molecule has 0 unspecified atom stereocenters. The van der Waals surface area contributed by atoms with Crippen molar-refractivity contribution < 1.29 is 0 Å². The maximum Gasteiger partial charge on any atom is 0.129 e. The molecule has 3 nitrogen and oxygen atoms in total. The molecule has 1 fully saturated rings. The van der Waals surface area contributed by atoms with E-state index in [2.05, 4.69) is 10.3 Å². The summed E-state index contributed by atoms with van der Waals surface area (Å²) >= 11 is 5.73. The molecule has 0 radical (unpaired) electrons. The van der Waals surface area contributed by atoms with Gasteiger partial charge in [-0.3, -0.25) is 0 Å². The van der Waals surface area contributed by atoms with Crippen LogP contribution >= 0.6 is 11.6 Å². The third kappa shape index (κ3) is 3.17. The number of rotatable bonds is 3. The predicted molar refractivity (Wildman–Crippen MR) is 66.3 cm³/mol. The van der Waals surface area contributed by atoms with E-state index in [0.29, 0.717) is 17.2 Å². The topological polar surface area (TPSA) is 50.9 Å². The van der Waals surface area contributed by atoms with Gasteiger partial charge >= 0.3 is 0 Å². The van der Waals surface area contributed by atoms with Crippen molar-refractivity contribution in [3.8, 4) is 0 Å². The van der Waals surface area contributed by atoms with Crippen LogP contribution in [0.1, 0.15) is 31.2 Å². The molecule has 1 heterocycles. The zero-order valence-electron chi connectivity index (χ0n) is 9.32. The Morgan fingerprint density at radius 2 is 2.19 bits per heavy atom. The molecule has 0 bridgehead atoms. The molecule has 1 aromatic rings. The minimum atomic E-state index is 0.300. The highest BCUT2D eigenvalue weighted by molar-refractivity contribution is 6.29. The normalized spacial score (nSPS) is 25.6. The molecule has 2 rings (SSSR count). The van der Waals surface area contributed by atoms with Crippen molar-refractivity contribution in [2.45, 2.75) is 44.3 Å². The molecule has 0 spiro atoms. The van der Waals surface area contributed by atoms with Crippen LogP contribution in [0.3, 0.4) is 0 Å². The van der Waals surface area contributed by atoms with Gasteiger partial charge in [-0.05, 0) is 24.5 Å². The van der Waals surface area contributed by atoms with E-state index < -0.39 is 0 Å².